The Balaban J connectivity index is 1.48. The number of ether oxygens (including phenoxy) is 1. The fraction of sp³-hybridized carbons (Fsp3) is 0.100. The number of aromatic nitrogens is 5. The Hall–Kier alpha value is -4.14. The second-order valence-corrected chi connectivity index (χ2v) is 6.21. The highest BCUT2D eigenvalue weighted by Crippen LogP contribution is 2.18. The van der Waals surface area contributed by atoms with Crippen molar-refractivity contribution in [1.29, 1.82) is 0 Å². The smallest absolute Gasteiger partial charge is 0.338 e. The predicted octanol–water partition coefficient (Wildman–Crippen LogP) is 2.81. The number of hydrogen-bond acceptors (Lipinski definition) is 9. The maximum Gasteiger partial charge on any atom is 0.338 e. The number of hydrogen-bond donors (Lipinski definition) is 2. The van der Waals surface area contributed by atoms with Crippen molar-refractivity contribution in [3.8, 4) is 0 Å². The summed E-state index contributed by atoms with van der Waals surface area (Å²) in [7, 11) is 0. The van der Waals surface area contributed by atoms with Crippen LogP contribution in [-0.2, 0) is 11.3 Å². The van der Waals surface area contributed by atoms with Gasteiger partial charge in [0.25, 0.3) is 0 Å². The number of esters is 1. The van der Waals surface area contributed by atoms with Gasteiger partial charge < -0.3 is 15.8 Å². The van der Waals surface area contributed by atoms with Gasteiger partial charge in [-0.2, -0.15) is 15.0 Å². The van der Waals surface area contributed by atoms with E-state index in [0.29, 0.717) is 16.6 Å². The average Bonchev–Trinajstić information content (AvgIpc) is 2.73. The lowest BCUT2D eigenvalue weighted by Gasteiger charge is -2.10. The number of benzene rings is 2. The number of nitrogens with one attached hydrogen (secondary N) is 1. The zero-order valence-electron chi connectivity index (χ0n) is 15.5. The van der Waals surface area contributed by atoms with Crippen LogP contribution in [0.5, 0.6) is 0 Å². The first-order valence-corrected chi connectivity index (χ1v) is 8.79. The number of para-hydroxylation sites is 1. The molecule has 3 N–H and O–H groups in total. The van der Waals surface area contributed by atoms with Crippen molar-refractivity contribution in [2.24, 2.45) is 0 Å². The molecule has 2 aromatic carbocycles. The van der Waals surface area contributed by atoms with Gasteiger partial charge in [0.05, 0.1) is 16.6 Å². The Labute approximate surface area is 166 Å². The maximum absolute atomic E-state index is 12.4. The molecule has 144 valence electrons. The van der Waals surface area contributed by atoms with Crippen LogP contribution in [0.25, 0.3) is 11.0 Å². The van der Waals surface area contributed by atoms with Gasteiger partial charge >= 0.3 is 5.97 Å². The average molecular weight is 387 g/mol. The standard InChI is InChI=1S/C20H17N7O2/c1-12-4-2-3-5-14(12)24-20-26-17(25-19(21)27-20)11-29-18(28)13-6-7-15-16(10-13)23-9-8-22-15/h2-10H,11H2,1H3,(H3,21,24,25,26,27). The van der Waals surface area contributed by atoms with E-state index in [1.165, 1.54) is 0 Å². The van der Waals surface area contributed by atoms with Crippen LogP contribution in [0.15, 0.2) is 54.9 Å². The minimum Gasteiger partial charge on any atom is -0.454 e. The molecule has 0 spiro atoms. The summed E-state index contributed by atoms with van der Waals surface area (Å²) in [6, 6.07) is 12.7. The number of nitrogens with two attached hydrogens (primary N) is 1. The van der Waals surface area contributed by atoms with E-state index in [1.54, 1.807) is 30.6 Å². The molecular formula is C20H17N7O2. The molecule has 0 bridgehead atoms. The van der Waals surface area contributed by atoms with Crippen molar-refractivity contribution < 1.29 is 9.53 Å². The largest absolute Gasteiger partial charge is 0.454 e. The molecule has 0 atom stereocenters. The van der Waals surface area contributed by atoms with Crippen LogP contribution in [0, 0.1) is 6.92 Å². The lowest BCUT2D eigenvalue weighted by Crippen LogP contribution is -2.11. The molecule has 2 aromatic heterocycles. The maximum atomic E-state index is 12.4. The summed E-state index contributed by atoms with van der Waals surface area (Å²) in [4.78, 5) is 33.1. The van der Waals surface area contributed by atoms with Gasteiger partial charge in [0.15, 0.2) is 12.4 Å². The third kappa shape index (κ3) is 4.24. The second kappa shape index (κ2) is 7.85. The van der Waals surface area contributed by atoms with Crippen molar-refractivity contribution in [2.45, 2.75) is 13.5 Å². The summed E-state index contributed by atoms with van der Waals surface area (Å²) in [6.07, 6.45) is 3.15. The van der Waals surface area contributed by atoms with Gasteiger partial charge in [-0.25, -0.2) is 4.79 Å². The fourth-order valence-electron chi connectivity index (χ4n) is 2.70. The third-order valence-electron chi connectivity index (χ3n) is 4.13. The fourth-order valence-corrected chi connectivity index (χ4v) is 2.70. The number of aryl methyl sites for hydroxylation is 1. The van der Waals surface area contributed by atoms with Crippen LogP contribution >= 0.6 is 0 Å². The van der Waals surface area contributed by atoms with Crippen molar-refractivity contribution in [2.75, 3.05) is 11.1 Å². The molecule has 0 amide bonds. The molecule has 0 radical (unpaired) electrons. The lowest BCUT2D eigenvalue weighted by atomic mass is 10.2. The Kier molecular flexibility index (Phi) is 4.93. The van der Waals surface area contributed by atoms with Crippen LogP contribution in [-0.4, -0.2) is 30.9 Å². The molecule has 29 heavy (non-hydrogen) atoms. The summed E-state index contributed by atoms with van der Waals surface area (Å²) in [5, 5.41) is 3.09. The minimum atomic E-state index is -0.523. The summed E-state index contributed by atoms with van der Waals surface area (Å²) < 4.78 is 5.32. The Morgan fingerprint density at radius 3 is 2.66 bits per heavy atom. The van der Waals surface area contributed by atoms with Gasteiger partial charge in [0.2, 0.25) is 11.9 Å². The topological polar surface area (TPSA) is 129 Å². The van der Waals surface area contributed by atoms with Crippen molar-refractivity contribution in [3.05, 3.63) is 71.8 Å². The molecule has 0 saturated carbocycles. The zero-order valence-corrected chi connectivity index (χ0v) is 15.5. The SMILES string of the molecule is Cc1ccccc1Nc1nc(N)nc(COC(=O)c2ccc3nccnc3c2)n1. The zero-order chi connectivity index (χ0) is 20.2. The Morgan fingerprint density at radius 1 is 1.03 bits per heavy atom. The summed E-state index contributed by atoms with van der Waals surface area (Å²) in [6.45, 7) is 1.82. The van der Waals surface area contributed by atoms with E-state index in [9.17, 15) is 4.79 Å². The molecule has 0 saturated heterocycles. The van der Waals surface area contributed by atoms with Gasteiger partial charge in [-0.15, -0.1) is 0 Å². The van der Waals surface area contributed by atoms with E-state index < -0.39 is 5.97 Å². The van der Waals surface area contributed by atoms with E-state index in [2.05, 4.69) is 30.2 Å². The molecule has 0 aliphatic carbocycles. The Bertz CT molecular complexity index is 1200. The molecule has 4 aromatic rings. The van der Waals surface area contributed by atoms with Gasteiger partial charge in [-0.1, -0.05) is 18.2 Å². The number of rotatable bonds is 5. The van der Waals surface area contributed by atoms with Gasteiger partial charge in [-0.3, -0.25) is 9.97 Å². The van der Waals surface area contributed by atoms with E-state index in [0.717, 1.165) is 11.3 Å². The molecule has 0 unspecified atom stereocenters. The van der Waals surface area contributed by atoms with E-state index in [4.69, 9.17) is 10.5 Å². The second-order valence-electron chi connectivity index (χ2n) is 6.21. The quantitative estimate of drug-likeness (QED) is 0.497. The van der Waals surface area contributed by atoms with Gasteiger partial charge in [0.1, 0.15) is 0 Å². The monoisotopic (exact) mass is 387 g/mol. The molecule has 2 heterocycles. The number of nitrogens with zero attached hydrogens (tertiary/aromatic N) is 5. The Morgan fingerprint density at radius 2 is 1.83 bits per heavy atom. The summed E-state index contributed by atoms with van der Waals surface area (Å²) in [5.74, 6) is 0.0226. The van der Waals surface area contributed by atoms with Crippen molar-refractivity contribution >= 4 is 34.6 Å². The van der Waals surface area contributed by atoms with Crippen LogP contribution < -0.4 is 11.1 Å². The first kappa shape index (κ1) is 18.2. The molecule has 9 heteroatoms. The normalized spacial score (nSPS) is 10.7. The number of fused-ring (bicyclic) bond motifs is 1. The molecular weight excluding hydrogens is 370 g/mol. The van der Waals surface area contributed by atoms with E-state index in [1.807, 2.05) is 31.2 Å². The number of carbonyl (C=O) groups excluding carboxylic acids is 1. The molecule has 0 aliphatic rings. The van der Waals surface area contributed by atoms with Crippen LogP contribution in [0.2, 0.25) is 0 Å². The third-order valence-corrected chi connectivity index (χ3v) is 4.13. The highest BCUT2D eigenvalue weighted by atomic mass is 16.5. The first-order chi connectivity index (χ1) is 14.1. The molecule has 0 fully saturated rings. The van der Waals surface area contributed by atoms with Gasteiger partial charge in [-0.05, 0) is 36.8 Å². The molecule has 0 aliphatic heterocycles. The van der Waals surface area contributed by atoms with E-state index in [-0.39, 0.29) is 24.3 Å². The predicted molar refractivity (Wildman–Crippen MR) is 107 cm³/mol. The minimum absolute atomic E-state index is 0.0307. The van der Waals surface area contributed by atoms with Gasteiger partial charge in [0, 0.05) is 18.1 Å². The highest BCUT2D eigenvalue weighted by Gasteiger charge is 2.12. The van der Waals surface area contributed by atoms with Crippen molar-refractivity contribution in [3.63, 3.8) is 0 Å². The first-order valence-electron chi connectivity index (χ1n) is 8.79. The lowest BCUT2D eigenvalue weighted by molar-refractivity contribution is 0.0462. The number of carbonyl (C=O) groups is 1. The van der Waals surface area contributed by atoms with Crippen molar-refractivity contribution in [1.82, 2.24) is 24.9 Å². The number of anilines is 3. The summed E-state index contributed by atoms with van der Waals surface area (Å²) >= 11 is 0. The highest BCUT2D eigenvalue weighted by molar-refractivity contribution is 5.93. The summed E-state index contributed by atoms with van der Waals surface area (Å²) in [5.41, 5.74) is 9.31. The molecule has 9 nitrogen and oxygen atoms in total. The van der Waals surface area contributed by atoms with Crippen LogP contribution in [0.4, 0.5) is 17.6 Å². The van der Waals surface area contributed by atoms with Crippen LogP contribution in [0.3, 0.4) is 0 Å². The van der Waals surface area contributed by atoms with Crippen LogP contribution in [0.1, 0.15) is 21.7 Å². The number of nitrogen functional groups attached to an aromatic ring is 1. The van der Waals surface area contributed by atoms with E-state index >= 15 is 0 Å². The molecule has 4 rings (SSSR count).